The van der Waals surface area contributed by atoms with Crippen LogP contribution in [0.15, 0.2) is 47.5 Å². The van der Waals surface area contributed by atoms with E-state index in [2.05, 4.69) is 10.3 Å². The topological polar surface area (TPSA) is 89.1 Å². The molecule has 0 fully saturated rings. The Morgan fingerprint density at radius 2 is 1.91 bits per heavy atom. The van der Waals surface area contributed by atoms with E-state index in [-0.39, 0.29) is 11.7 Å². The van der Waals surface area contributed by atoms with Crippen LogP contribution in [-0.4, -0.2) is 25.3 Å². The summed E-state index contributed by atoms with van der Waals surface area (Å²) in [6.07, 6.45) is 0. The minimum Gasteiger partial charge on any atom is -0.508 e. The van der Waals surface area contributed by atoms with Crippen molar-refractivity contribution in [3.63, 3.8) is 0 Å². The number of hydrogen-bond acceptors (Lipinski definition) is 4. The number of hydrogen-bond donors (Lipinski definition) is 3. The maximum Gasteiger partial charge on any atom is 0.193 e. The molecule has 4 N–H and O–H groups in total. The summed E-state index contributed by atoms with van der Waals surface area (Å²) < 4.78 is 10.4. The van der Waals surface area contributed by atoms with Gasteiger partial charge in [-0.15, -0.1) is 0 Å². The highest BCUT2D eigenvalue weighted by molar-refractivity contribution is 5.92. The minimum absolute atomic E-state index is 0.208. The molecule has 2 aromatic rings. The summed E-state index contributed by atoms with van der Waals surface area (Å²) in [5.41, 5.74) is 7.48. The quantitative estimate of drug-likeness (QED) is 0.582. The van der Waals surface area contributed by atoms with Gasteiger partial charge in [-0.25, -0.2) is 4.99 Å². The Bertz CT molecular complexity index is 671. The van der Waals surface area contributed by atoms with Crippen molar-refractivity contribution in [2.24, 2.45) is 10.7 Å². The molecule has 0 radical (unpaired) electrons. The zero-order valence-corrected chi connectivity index (χ0v) is 12.5. The number of methoxy groups -OCH3 is 2. The van der Waals surface area contributed by atoms with Crippen molar-refractivity contribution in [3.8, 4) is 17.2 Å². The van der Waals surface area contributed by atoms with Gasteiger partial charge in [0.05, 0.1) is 20.8 Å². The van der Waals surface area contributed by atoms with Crippen LogP contribution in [0.25, 0.3) is 0 Å². The molecule has 0 aromatic heterocycles. The molecule has 0 unspecified atom stereocenters. The molecule has 0 bridgehead atoms. The van der Waals surface area contributed by atoms with Crippen LogP contribution in [0.4, 0.5) is 5.69 Å². The second kappa shape index (κ2) is 7.21. The second-order valence-corrected chi connectivity index (χ2v) is 4.57. The number of benzene rings is 2. The van der Waals surface area contributed by atoms with E-state index in [1.54, 1.807) is 44.6 Å². The highest BCUT2D eigenvalue weighted by atomic mass is 16.5. The maximum atomic E-state index is 9.40. The van der Waals surface area contributed by atoms with Gasteiger partial charge in [0.25, 0.3) is 0 Å². The van der Waals surface area contributed by atoms with E-state index in [1.165, 1.54) is 0 Å². The summed E-state index contributed by atoms with van der Waals surface area (Å²) in [6.45, 7) is 0.376. The molecule has 0 aliphatic rings. The number of rotatable bonds is 5. The SMILES string of the molecule is COc1ccc(NC(N)=NCc2cccc(O)c2)cc1OC. The highest BCUT2D eigenvalue weighted by Gasteiger charge is 2.05. The fraction of sp³-hybridized carbons (Fsp3) is 0.188. The number of phenolic OH excluding ortho intramolecular Hbond substituents is 1. The molecule has 0 aliphatic heterocycles. The number of nitrogens with two attached hydrogens (primary N) is 1. The lowest BCUT2D eigenvalue weighted by atomic mass is 10.2. The van der Waals surface area contributed by atoms with Crippen molar-refractivity contribution >= 4 is 11.6 Å². The van der Waals surface area contributed by atoms with Gasteiger partial charge in [0.15, 0.2) is 17.5 Å². The summed E-state index contributed by atoms with van der Waals surface area (Å²) in [4.78, 5) is 4.23. The fourth-order valence-electron chi connectivity index (χ4n) is 1.93. The van der Waals surface area contributed by atoms with Gasteiger partial charge in [-0.1, -0.05) is 12.1 Å². The Morgan fingerprint density at radius 1 is 1.14 bits per heavy atom. The number of guanidine groups is 1. The van der Waals surface area contributed by atoms with Crippen molar-refractivity contribution in [2.75, 3.05) is 19.5 Å². The predicted molar refractivity (Wildman–Crippen MR) is 86.6 cm³/mol. The number of aromatic hydroxyl groups is 1. The first-order valence-corrected chi connectivity index (χ1v) is 6.69. The summed E-state index contributed by atoms with van der Waals surface area (Å²) in [6, 6.07) is 12.3. The molecule has 116 valence electrons. The number of anilines is 1. The molecule has 0 spiro atoms. The van der Waals surface area contributed by atoms with E-state index in [0.29, 0.717) is 18.0 Å². The van der Waals surface area contributed by atoms with E-state index < -0.39 is 0 Å². The maximum absolute atomic E-state index is 9.40. The lowest BCUT2D eigenvalue weighted by Crippen LogP contribution is -2.22. The number of aliphatic imine (C=N–C) groups is 1. The first-order valence-electron chi connectivity index (χ1n) is 6.69. The van der Waals surface area contributed by atoms with Gasteiger partial charge in [0.2, 0.25) is 0 Å². The molecule has 0 heterocycles. The van der Waals surface area contributed by atoms with E-state index >= 15 is 0 Å². The van der Waals surface area contributed by atoms with Crippen molar-refractivity contribution in [3.05, 3.63) is 48.0 Å². The van der Waals surface area contributed by atoms with Crippen LogP contribution in [0.1, 0.15) is 5.56 Å². The smallest absolute Gasteiger partial charge is 0.193 e. The van der Waals surface area contributed by atoms with Gasteiger partial charge in [0.1, 0.15) is 5.75 Å². The van der Waals surface area contributed by atoms with Crippen molar-refractivity contribution in [1.82, 2.24) is 0 Å². The van der Waals surface area contributed by atoms with Crippen molar-refractivity contribution in [2.45, 2.75) is 6.54 Å². The summed E-state index contributed by atoms with van der Waals surface area (Å²) in [7, 11) is 3.15. The summed E-state index contributed by atoms with van der Waals surface area (Å²) >= 11 is 0. The zero-order valence-electron chi connectivity index (χ0n) is 12.5. The first-order chi connectivity index (χ1) is 10.6. The van der Waals surface area contributed by atoms with Crippen LogP contribution in [0, 0.1) is 0 Å². The third kappa shape index (κ3) is 4.05. The molecular weight excluding hydrogens is 282 g/mol. The Balaban J connectivity index is 2.05. The third-order valence-electron chi connectivity index (χ3n) is 3.00. The molecule has 0 saturated carbocycles. The number of nitrogens with zero attached hydrogens (tertiary/aromatic N) is 1. The van der Waals surface area contributed by atoms with Gasteiger partial charge in [-0.3, -0.25) is 0 Å². The van der Waals surface area contributed by atoms with Crippen LogP contribution < -0.4 is 20.5 Å². The molecule has 2 aromatic carbocycles. The standard InChI is InChI=1S/C16H19N3O3/c1-21-14-7-6-12(9-15(14)22-2)19-16(17)18-10-11-4-3-5-13(20)8-11/h3-9,20H,10H2,1-2H3,(H3,17,18,19). The van der Waals surface area contributed by atoms with Crippen LogP contribution in [0.3, 0.4) is 0 Å². The van der Waals surface area contributed by atoms with E-state index in [4.69, 9.17) is 15.2 Å². The Hall–Kier alpha value is -2.89. The van der Waals surface area contributed by atoms with Crippen LogP contribution in [-0.2, 0) is 6.54 Å². The number of ether oxygens (including phenoxy) is 2. The molecule has 0 saturated heterocycles. The normalized spacial score (nSPS) is 11.1. The molecule has 6 heteroatoms. The number of phenols is 1. The summed E-state index contributed by atoms with van der Waals surface area (Å²) in [5, 5.41) is 12.4. The van der Waals surface area contributed by atoms with E-state index in [1.807, 2.05) is 12.1 Å². The van der Waals surface area contributed by atoms with Crippen molar-refractivity contribution in [1.29, 1.82) is 0 Å². The minimum atomic E-state index is 0.208. The van der Waals surface area contributed by atoms with Gasteiger partial charge < -0.3 is 25.6 Å². The lowest BCUT2D eigenvalue weighted by molar-refractivity contribution is 0.355. The molecule has 22 heavy (non-hydrogen) atoms. The second-order valence-electron chi connectivity index (χ2n) is 4.57. The van der Waals surface area contributed by atoms with Crippen molar-refractivity contribution < 1.29 is 14.6 Å². The Labute approximate surface area is 129 Å². The van der Waals surface area contributed by atoms with Crippen LogP contribution >= 0.6 is 0 Å². The molecule has 0 atom stereocenters. The molecule has 2 rings (SSSR count). The van der Waals surface area contributed by atoms with Crippen LogP contribution in [0.2, 0.25) is 0 Å². The fourth-order valence-corrected chi connectivity index (χ4v) is 1.93. The summed E-state index contributed by atoms with van der Waals surface area (Å²) in [5.74, 6) is 1.73. The first kappa shape index (κ1) is 15.5. The van der Waals surface area contributed by atoms with Gasteiger partial charge in [-0.05, 0) is 29.8 Å². The monoisotopic (exact) mass is 301 g/mol. The third-order valence-corrected chi connectivity index (χ3v) is 3.00. The highest BCUT2D eigenvalue weighted by Crippen LogP contribution is 2.29. The molecule has 6 nitrogen and oxygen atoms in total. The van der Waals surface area contributed by atoms with E-state index in [9.17, 15) is 5.11 Å². The molecule has 0 amide bonds. The number of nitrogens with one attached hydrogen (secondary N) is 1. The van der Waals surface area contributed by atoms with Gasteiger partial charge >= 0.3 is 0 Å². The predicted octanol–water partition coefficient (Wildman–Crippen LogP) is 2.34. The van der Waals surface area contributed by atoms with Gasteiger partial charge in [-0.2, -0.15) is 0 Å². The molecule has 0 aliphatic carbocycles. The van der Waals surface area contributed by atoms with Gasteiger partial charge in [0, 0.05) is 11.8 Å². The lowest BCUT2D eigenvalue weighted by Gasteiger charge is -2.11. The Kier molecular flexibility index (Phi) is 5.08. The average Bonchev–Trinajstić information content (AvgIpc) is 2.53. The zero-order chi connectivity index (χ0) is 15.9. The van der Waals surface area contributed by atoms with E-state index in [0.717, 1.165) is 11.3 Å². The largest absolute Gasteiger partial charge is 0.508 e. The molecular formula is C16H19N3O3. The average molecular weight is 301 g/mol. The van der Waals surface area contributed by atoms with Crippen LogP contribution in [0.5, 0.6) is 17.2 Å². The Morgan fingerprint density at radius 3 is 2.59 bits per heavy atom.